The number of hydrogen-bond acceptors (Lipinski definition) is 2. The second-order valence-electron chi connectivity index (χ2n) is 5.88. The van der Waals surface area contributed by atoms with Crippen LogP contribution in [0, 0.1) is 11.7 Å². The molecule has 1 aromatic rings. The topological polar surface area (TPSA) is 40.5 Å². The summed E-state index contributed by atoms with van der Waals surface area (Å²) in [4.78, 5) is 12.6. The van der Waals surface area contributed by atoms with Gasteiger partial charge in [-0.1, -0.05) is 19.9 Å². The summed E-state index contributed by atoms with van der Waals surface area (Å²) in [5.74, 6) is 2.32. The third-order valence-corrected chi connectivity index (χ3v) is 4.78. The highest BCUT2D eigenvalue weighted by Gasteiger charge is 2.22. The number of anilines is 1. The van der Waals surface area contributed by atoms with Gasteiger partial charge in [0.15, 0.2) is 0 Å². The second kappa shape index (κ2) is 7.16. The van der Waals surface area contributed by atoms with E-state index in [9.17, 15) is 14.3 Å². The normalized spacial score (nSPS) is 16.2. The molecule has 0 aliphatic carbocycles. The molecule has 0 radical (unpaired) electrons. The van der Waals surface area contributed by atoms with Crippen molar-refractivity contribution in [2.75, 3.05) is 23.0 Å². The van der Waals surface area contributed by atoms with Crippen LogP contribution in [0.1, 0.15) is 38.2 Å². The van der Waals surface area contributed by atoms with Crippen molar-refractivity contribution >= 4 is 23.5 Å². The zero-order valence-electron chi connectivity index (χ0n) is 12.5. The SMILES string of the molecule is CC(C)CN(C(=O)O)c1ccc(C2CCSCC2)c(F)c1. The number of rotatable bonds is 4. The average Bonchev–Trinajstić information content (AvgIpc) is 2.45. The number of hydrogen-bond donors (Lipinski definition) is 1. The van der Waals surface area contributed by atoms with Gasteiger partial charge in [-0.25, -0.2) is 9.18 Å². The van der Waals surface area contributed by atoms with Gasteiger partial charge in [0, 0.05) is 12.2 Å². The summed E-state index contributed by atoms with van der Waals surface area (Å²) in [6.07, 6.45) is 0.954. The Kier molecular flexibility index (Phi) is 5.51. The van der Waals surface area contributed by atoms with Crippen molar-refractivity contribution in [2.24, 2.45) is 5.92 Å². The fourth-order valence-electron chi connectivity index (χ4n) is 2.68. The van der Waals surface area contributed by atoms with Crippen LogP contribution in [-0.4, -0.2) is 29.3 Å². The van der Waals surface area contributed by atoms with Gasteiger partial charge in [0.25, 0.3) is 0 Å². The molecule has 1 aliphatic rings. The molecular weight excluding hydrogens is 289 g/mol. The summed E-state index contributed by atoms with van der Waals surface area (Å²) in [7, 11) is 0. The van der Waals surface area contributed by atoms with Gasteiger partial charge in [-0.15, -0.1) is 0 Å². The molecule has 0 atom stereocenters. The molecule has 0 bridgehead atoms. The number of nitrogens with zero attached hydrogens (tertiary/aromatic N) is 1. The maximum absolute atomic E-state index is 14.4. The smallest absolute Gasteiger partial charge is 0.411 e. The van der Waals surface area contributed by atoms with Crippen LogP contribution >= 0.6 is 11.8 Å². The molecule has 0 aromatic heterocycles. The van der Waals surface area contributed by atoms with Crippen LogP contribution in [0.25, 0.3) is 0 Å². The lowest BCUT2D eigenvalue weighted by Gasteiger charge is -2.25. The van der Waals surface area contributed by atoms with Gasteiger partial charge in [0.05, 0.1) is 0 Å². The van der Waals surface area contributed by atoms with E-state index in [0.29, 0.717) is 12.2 Å². The van der Waals surface area contributed by atoms with Crippen molar-refractivity contribution in [1.29, 1.82) is 0 Å². The lowest BCUT2D eigenvalue weighted by molar-refractivity contribution is 0.201. The van der Waals surface area contributed by atoms with Gasteiger partial charge in [0.2, 0.25) is 0 Å². The van der Waals surface area contributed by atoms with Gasteiger partial charge >= 0.3 is 6.09 Å². The van der Waals surface area contributed by atoms with E-state index in [2.05, 4.69) is 0 Å². The first-order valence-corrected chi connectivity index (χ1v) is 8.52. The maximum atomic E-state index is 14.4. The predicted octanol–water partition coefficient (Wildman–Crippen LogP) is 4.58. The number of benzene rings is 1. The van der Waals surface area contributed by atoms with E-state index in [1.54, 1.807) is 12.1 Å². The zero-order valence-corrected chi connectivity index (χ0v) is 13.3. The number of carboxylic acid groups (broad SMARTS) is 1. The van der Waals surface area contributed by atoms with Crippen molar-refractivity contribution in [3.8, 4) is 0 Å². The van der Waals surface area contributed by atoms with E-state index < -0.39 is 6.09 Å². The number of thioether (sulfide) groups is 1. The molecule has 2 rings (SSSR count). The number of carbonyl (C=O) groups is 1. The highest BCUT2D eigenvalue weighted by molar-refractivity contribution is 7.99. The van der Waals surface area contributed by atoms with Crippen LogP contribution in [0.15, 0.2) is 18.2 Å². The molecule has 116 valence electrons. The molecule has 1 fully saturated rings. The molecule has 5 heteroatoms. The van der Waals surface area contributed by atoms with Crippen LogP contribution in [0.2, 0.25) is 0 Å². The molecule has 1 aliphatic heterocycles. The Bertz CT molecular complexity index is 501. The van der Waals surface area contributed by atoms with Gasteiger partial charge in [-0.2, -0.15) is 11.8 Å². The van der Waals surface area contributed by atoms with E-state index in [1.165, 1.54) is 11.0 Å². The van der Waals surface area contributed by atoms with E-state index in [0.717, 1.165) is 29.9 Å². The molecule has 3 nitrogen and oxygen atoms in total. The van der Waals surface area contributed by atoms with E-state index >= 15 is 0 Å². The third-order valence-electron chi connectivity index (χ3n) is 3.74. The first-order chi connectivity index (χ1) is 9.99. The quantitative estimate of drug-likeness (QED) is 0.885. The van der Waals surface area contributed by atoms with Crippen molar-refractivity contribution < 1.29 is 14.3 Å². The molecular formula is C16H22FNO2S. The largest absolute Gasteiger partial charge is 0.465 e. The summed E-state index contributed by atoms with van der Waals surface area (Å²) >= 11 is 1.91. The average molecular weight is 311 g/mol. The molecule has 1 aromatic carbocycles. The Labute approximate surface area is 129 Å². The summed E-state index contributed by atoms with van der Waals surface area (Å²) in [5.41, 5.74) is 1.15. The Morgan fingerprint density at radius 1 is 1.43 bits per heavy atom. The summed E-state index contributed by atoms with van der Waals surface area (Å²) in [6.45, 7) is 4.26. The van der Waals surface area contributed by atoms with Crippen molar-refractivity contribution in [2.45, 2.75) is 32.6 Å². The number of amides is 1. The molecule has 0 unspecified atom stereocenters. The molecule has 1 N–H and O–H groups in total. The van der Waals surface area contributed by atoms with Crippen LogP contribution in [-0.2, 0) is 0 Å². The standard InChI is InChI=1S/C16H22FNO2S/c1-11(2)10-18(16(19)20)13-3-4-14(15(17)9-13)12-5-7-21-8-6-12/h3-4,9,11-12H,5-8,10H2,1-2H3,(H,19,20). The van der Waals surface area contributed by atoms with E-state index in [1.807, 2.05) is 25.6 Å². The number of halogens is 1. The molecule has 1 saturated heterocycles. The third kappa shape index (κ3) is 4.13. The summed E-state index contributed by atoms with van der Waals surface area (Å²) < 4.78 is 14.4. The Balaban J connectivity index is 2.22. The van der Waals surface area contributed by atoms with Crippen LogP contribution in [0.4, 0.5) is 14.9 Å². The van der Waals surface area contributed by atoms with Crippen molar-refractivity contribution in [3.05, 3.63) is 29.6 Å². The maximum Gasteiger partial charge on any atom is 0.411 e. The lowest BCUT2D eigenvalue weighted by Crippen LogP contribution is -2.32. The molecule has 21 heavy (non-hydrogen) atoms. The van der Waals surface area contributed by atoms with Crippen LogP contribution < -0.4 is 4.90 Å². The molecule has 1 heterocycles. The van der Waals surface area contributed by atoms with Crippen molar-refractivity contribution in [1.82, 2.24) is 0 Å². The summed E-state index contributed by atoms with van der Waals surface area (Å²) in [6, 6.07) is 4.87. The van der Waals surface area contributed by atoms with E-state index in [-0.39, 0.29) is 17.7 Å². The minimum Gasteiger partial charge on any atom is -0.465 e. The Hall–Kier alpha value is -1.23. The highest BCUT2D eigenvalue weighted by Crippen LogP contribution is 2.34. The fraction of sp³-hybridized carbons (Fsp3) is 0.562. The van der Waals surface area contributed by atoms with Gasteiger partial charge < -0.3 is 5.11 Å². The predicted molar refractivity (Wildman–Crippen MR) is 85.9 cm³/mol. The zero-order chi connectivity index (χ0) is 15.4. The first-order valence-electron chi connectivity index (χ1n) is 7.36. The van der Waals surface area contributed by atoms with Crippen molar-refractivity contribution in [3.63, 3.8) is 0 Å². The Morgan fingerprint density at radius 3 is 2.62 bits per heavy atom. The Morgan fingerprint density at radius 2 is 2.10 bits per heavy atom. The minimum atomic E-state index is -1.04. The lowest BCUT2D eigenvalue weighted by atomic mass is 9.93. The minimum absolute atomic E-state index is 0.194. The van der Waals surface area contributed by atoms with Crippen LogP contribution in [0.3, 0.4) is 0 Å². The second-order valence-corrected chi connectivity index (χ2v) is 7.10. The van der Waals surface area contributed by atoms with Crippen LogP contribution in [0.5, 0.6) is 0 Å². The van der Waals surface area contributed by atoms with Gasteiger partial charge in [-0.05, 0) is 53.9 Å². The van der Waals surface area contributed by atoms with Gasteiger partial charge in [0.1, 0.15) is 5.82 Å². The highest BCUT2D eigenvalue weighted by atomic mass is 32.2. The molecule has 0 saturated carbocycles. The van der Waals surface area contributed by atoms with E-state index in [4.69, 9.17) is 0 Å². The summed E-state index contributed by atoms with van der Waals surface area (Å²) in [5, 5.41) is 9.29. The molecule has 1 amide bonds. The van der Waals surface area contributed by atoms with Gasteiger partial charge in [-0.3, -0.25) is 4.90 Å². The molecule has 0 spiro atoms. The first kappa shape index (κ1) is 16.1. The monoisotopic (exact) mass is 311 g/mol. The fourth-order valence-corrected chi connectivity index (χ4v) is 3.79.